The SMILES string of the molecule is O=C(c1cccc(Br)c1)c1ccc2c3ccccc3n(-c3nccc4ccoc34)c2c1. The fraction of sp³-hybridized carbons (Fsp3) is 0. The molecule has 0 bridgehead atoms. The summed E-state index contributed by atoms with van der Waals surface area (Å²) in [5, 5.41) is 3.15. The van der Waals surface area contributed by atoms with Crippen LogP contribution in [0.25, 0.3) is 38.6 Å². The van der Waals surface area contributed by atoms with Gasteiger partial charge in [-0.15, -0.1) is 0 Å². The van der Waals surface area contributed by atoms with Gasteiger partial charge in [-0.2, -0.15) is 0 Å². The summed E-state index contributed by atoms with van der Waals surface area (Å²) in [6, 6.07) is 25.3. The minimum Gasteiger partial charge on any atom is -0.460 e. The van der Waals surface area contributed by atoms with Gasteiger partial charge in [-0.1, -0.05) is 58.4 Å². The molecule has 0 unspecified atom stereocenters. The highest BCUT2D eigenvalue weighted by molar-refractivity contribution is 9.10. The molecule has 0 aliphatic heterocycles. The molecule has 0 saturated carbocycles. The minimum atomic E-state index is -0.0239. The lowest BCUT2D eigenvalue weighted by atomic mass is 10.0. The van der Waals surface area contributed by atoms with Gasteiger partial charge in [-0.25, -0.2) is 4.98 Å². The molecule has 5 heteroatoms. The third kappa shape index (κ3) is 2.81. The van der Waals surface area contributed by atoms with Crippen LogP contribution in [0, 0.1) is 0 Å². The smallest absolute Gasteiger partial charge is 0.193 e. The number of para-hydroxylation sites is 1. The van der Waals surface area contributed by atoms with Crippen molar-refractivity contribution in [1.82, 2.24) is 9.55 Å². The fourth-order valence-corrected chi connectivity index (χ4v) is 4.57. The monoisotopic (exact) mass is 466 g/mol. The molecule has 0 radical (unpaired) electrons. The first-order valence-electron chi connectivity index (χ1n) is 9.87. The van der Waals surface area contributed by atoms with E-state index in [-0.39, 0.29) is 5.78 Å². The van der Waals surface area contributed by atoms with Crippen molar-refractivity contribution in [2.24, 2.45) is 0 Å². The number of hydrogen-bond acceptors (Lipinski definition) is 3. The van der Waals surface area contributed by atoms with E-state index in [0.29, 0.717) is 22.5 Å². The first-order valence-corrected chi connectivity index (χ1v) is 10.7. The van der Waals surface area contributed by atoms with Crippen molar-refractivity contribution < 1.29 is 9.21 Å². The van der Waals surface area contributed by atoms with E-state index in [9.17, 15) is 4.79 Å². The normalized spacial score (nSPS) is 11.5. The Bertz CT molecular complexity index is 1630. The van der Waals surface area contributed by atoms with Gasteiger partial charge in [0.25, 0.3) is 0 Å². The molecule has 4 nitrogen and oxygen atoms in total. The Morgan fingerprint density at radius 1 is 0.839 bits per heavy atom. The summed E-state index contributed by atoms with van der Waals surface area (Å²) in [4.78, 5) is 17.9. The predicted molar refractivity (Wildman–Crippen MR) is 126 cm³/mol. The summed E-state index contributed by atoms with van der Waals surface area (Å²) in [6.45, 7) is 0. The van der Waals surface area contributed by atoms with E-state index in [4.69, 9.17) is 4.42 Å². The number of hydrogen-bond donors (Lipinski definition) is 0. The summed E-state index contributed by atoms with van der Waals surface area (Å²) >= 11 is 3.45. The molecule has 0 N–H and O–H groups in total. The van der Waals surface area contributed by atoms with Crippen LogP contribution in [-0.2, 0) is 0 Å². The number of aromatic nitrogens is 2. The largest absolute Gasteiger partial charge is 0.460 e. The third-order valence-corrected chi connectivity index (χ3v) is 6.08. The minimum absolute atomic E-state index is 0.0239. The number of carbonyl (C=O) groups is 1. The maximum Gasteiger partial charge on any atom is 0.193 e. The van der Waals surface area contributed by atoms with E-state index >= 15 is 0 Å². The van der Waals surface area contributed by atoms with Crippen molar-refractivity contribution in [3.63, 3.8) is 0 Å². The summed E-state index contributed by atoms with van der Waals surface area (Å²) in [5.41, 5.74) is 3.91. The Morgan fingerprint density at radius 3 is 2.58 bits per heavy atom. The molecule has 3 aromatic heterocycles. The second kappa shape index (κ2) is 6.93. The average molecular weight is 467 g/mol. The molecule has 0 fully saturated rings. The number of fused-ring (bicyclic) bond motifs is 4. The van der Waals surface area contributed by atoms with Crippen LogP contribution >= 0.6 is 15.9 Å². The van der Waals surface area contributed by atoms with E-state index in [1.165, 1.54) is 0 Å². The third-order valence-electron chi connectivity index (χ3n) is 5.58. The van der Waals surface area contributed by atoms with E-state index in [1.54, 1.807) is 12.5 Å². The maximum absolute atomic E-state index is 13.2. The van der Waals surface area contributed by atoms with Gasteiger partial charge in [0.05, 0.1) is 17.3 Å². The van der Waals surface area contributed by atoms with Crippen LogP contribution in [0.1, 0.15) is 15.9 Å². The van der Waals surface area contributed by atoms with Crippen molar-refractivity contribution in [1.29, 1.82) is 0 Å². The number of halogens is 1. The van der Waals surface area contributed by atoms with Crippen LogP contribution in [0.3, 0.4) is 0 Å². The molecule has 31 heavy (non-hydrogen) atoms. The Morgan fingerprint density at radius 2 is 1.68 bits per heavy atom. The van der Waals surface area contributed by atoms with Crippen LogP contribution in [0.2, 0.25) is 0 Å². The number of pyridine rings is 1. The van der Waals surface area contributed by atoms with Crippen molar-refractivity contribution in [2.45, 2.75) is 0 Å². The van der Waals surface area contributed by atoms with Crippen LogP contribution in [-0.4, -0.2) is 15.3 Å². The topological polar surface area (TPSA) is 48.0 Å². The van der Waals surface area contributed by atoms with E-state index in [0.717, 1.165) is 31.7 Å². The van der Waals surface area contributed by atoms with Gasteiger partial charge in [-0.05, 0) is 36.4 Å². The molecule has 3 aromatic carbocycles. The first-order chi connectivity index (χ1) is 15.2. The standard InChI is InChI=1S/C26H15BrN2O2/c27-19-5-3-4-17(14-19)24(30)18-8-9-21-20-6-1-2-7-22(20)29(23(21)15-18)26-25-16(10-12-28-26)11-13-31-25/h1-15H. The van der Waals surface area contributed by atoms with Gasteiger partial charge in [0.2, 0.25) is 0 Å². The number of furan rings is 1. The van der Waals surface area contributed by atoms with Gasteiger partial charge < -0.3 is 4.42 Å². The van der Waals surface area contributed by atoms with Gasteiger partial charge in [-0.3, -0.25) is 9.36 Å². The second-order valence-corrected chi connectivity index (χ2v) is 8.31. The van der Waals surface area contributed by atoms with Crippen molar-refractivity contribution in [3.8, 4) is 5.82 Å². The number of benzene rings is 3. The van der Waals surface area contributed by atoms with Crippen molar-refractivity contribution >= 4 is 54.5 Å². The zero-order valence-corrected chi connectivity index (χ0v) is 17.8. The van der Waals surface area contributed by atoms with Crippen molar-refractivity contribution in [3.05, 3.63) is 107 Å². The Hall–Kier alpha value is -3.70. The molecular weight excluding hydrogens is 452 g/mol. The van der Waals surface area contributed by atoms with Gasteiger partial charge in [0, 0.05) is 38.0 Å². The maximum atomic E-state index is 13.2. The van der Waals surface area contributed by atoms with Crippen LogP contribution in [0.15, 0.2) is 100 Å². The van der Waals surface area contributed by atoms with E-state index in [1.807, 2.05) is 66.7 Å². The number of carbonyl (C=O) groups excluding carboxylic acids is 1. The molecule has 0 saturated heterocycles. The fourth-order valence-electron chi connectivity index (χ4n) is 4.17. The van der Waals surface area contributed by atoms with Crippen LogP contribution < -0.4 is 0 Å². The molecule has 0 amide bonds. The highest BCUT2D eigenvalue weighted by Crippen LogP contribution is 2.34. The summed E-state index contributed by atoms with van der Waals surface area (Å²) in [6.07, 6.45) is 3.45. The van der Waals surface area contributed by atoms with Gasteiger partial charge >= 0.3 is 0 Å². The Balaban J connectivity index is 1.66. The van der Waals surface area contributed by atoms with Gasteiger partial charge in [0.15, 0.2) is 17.2 Å². The van der Waals surface area contributed by atoms with Crippen LogP contribution in [0.4, 0.5) is 0 Å². The van der Waals surface area contributed by atoms with Crippen LogP contribution in [0.5, 0.6) is 0 Å². The van der Waals surface area contributed by atoms with Crippen molar-refractivity contribution in [2.75, 3.05) is 0 Å². The molecule has 6 rings (SSSR count). The zero-order chi connectivity index (χ0) is 20.9. The second-order valence-electron chi connectivity index (χ2n) is 7.40. The predicted octanol–water partition coefficient (Wildman–Crippen LogP) is 6.92. The zero-order valence-electron chi connectivity index (χ0n) is 16.2. The lowest BCUT2D eigenvalue weighted by Crippen LogP contribution is -2.02. The highest BCUT2D eigenvalue weighted by Gasteiger charge is 2.18. The molecule has 148 valence electrons. The number of nitrogens with zero attached hydrogens (tertiary/aromatic N) is 2. The van der Waals surface area contributed by atoms with E-state index in [2.05, 4.69) is 37.6 Å². The first kappa shape index (κ1) is 18.1. The molecule has 0 aliphatic carbocycles. The molecular formula is C26H15BrN2O2. The molecule has 0 aliphatic rings. The molecule has 0 atom stereocenters. The van der Waals surface area contributed by atoms with E-state index < -0.39 is 0 Å². The Kier molecular flexibility index (Phi) is 4.04. The number of rotatable bonds is 3. The lowest BCUT2D eigenvalue weighted by molar-refractivity contribution is 0.103. The highest BCUT2D eigenvalue weighted by atomic mass is 79.9. The molecule has 6 aromatic rings. The number of ketones is 1. The lowest BCUT2D eigenvalue weighted by Gasteiger charge is -2.08. The van der Waals surface area contributed by atoms with Gasteiger partial charge in [0.1, 0.15) is 0 Å². The summed E-state index contributed by atoms with van der Waals surface area (Å²) < 4.78 is 8.73. The molecule has 0 spiro atoms. The molecule has 3 heterocycles. The quantitative estimate of drug-likeness (QED) is 0.266. The summed E-state index contributed by atoms with van der Waals surface area (Å²) in [5.74, 6) is 0.685. The summed E-state index contributed by atoms with van der Waals surface area (Å²) in [7, 11) is 0. The Labute approximate surface area is 185 Å². The average Bonchev–Trinajstić information content (AvgIpc) is 3.41.